The van der Waals surface area contributed by atoms with Gasteiger partial charge in [-0.1, -0.05) is 41.9 Å². The number of nitrogens with one attached hydrogen (secondary N) is 1. The van der Waals surface area contributed by atoms with E-state index in [4.69, 9.17) is 16.3 Å². The predicted molar refractivity (Wildman–Crippen MR) is 112 cm³/mol. The van der Waals surface area contributed by atoms with Crippen molar-refractivity contribution in [3.05, 3.63) is 81.4 Å². The van der Waals surface area contributed by atoms with Crippen molar-refractivity contribution in [1.82, 2.24) is 25.1 Å². The van der Waals surface area contributed by atoms with Crippen LogP contribution in [-0.2, 0) is 0 Å². The summed E-state index contributed by atoms with van der Waals surface area (Å²) in [6.07, 6.45) is 0. The van der Waals surface area contributed by atoms with Gasteiger partial charge < -0.3 is 10.1 Å². The van der Waals surface area contributed by atoms with Crippen molar-refractivity contribution in [3.63, 3.8) is 0 Å². The van der Waals surface area contributed by atoms with Gasteiger partial charge in [-0.25, -0.2) is 0 Å². The van der Waals surface area contributed by atoms with Gasteiger partial charge in [-0.3, -0.25) is 14.9 Å². The molecule has 2 heterocycles. The molecular formula is C20H15ClN6O4. The SMILES string of the molecule is O=C(NCCOc1ccc2nnc(-c3ccccc3)n2n1)c1cc(Cl)ccc1[N+](=O)[O-]. The van der Waals surface area contributed by atoms with E-state index >= 15 is 0 Å². The molecule has 31 heavy (non-hydrogen) atoms. The molecule has 4 aromatic rings. The van der Waals surface area contributed by atoms with E-state index < -0.39 is 10.8 Å². The molecule has 0 saturated heterocycles. The lowest BCUT2D eigenvalue weighted by molar-refractivity contribution is -0.385. The molecule has 0 bridgehead atoms. The fourth-order valence-electron chi connectivity index (χ4n) is 2.88. The van der Waals surface area contributed by atoms with Gasteiger partial charge in [-0.05, 0) is 18.2 Å². The van der Waals surface area contributed by atoms with Crippen molar-refractivity contribution in [2.45, 2.75) is 0 Å². The molecule has 0 aliphatic carbocycles. The van der Waals surface area contributed by atoms with E-state index in [2.05, 4.69) is 20.6 Å². The number of rotatable bonds is 7. The normalized spacial score (nSPS) is 10.7. The van der Waals surface area contributed by atoms with Crippen LogP contribution in [0.1, 0.15) is 10.4 Å². The Morgan fingerprint density at radius 3 is 2.71 bits per heavy atom. The van der Waals surface area contributed by atoms with Crippen LogP contribution < -0.4 is 10.1 Å². The zero-order chi connectivity index (χ0) is 21.8. The molecule has 0 fully saturated rings. The molecule has 11 heteroatoms. The van der Waals surface area contributed by atoms with E-state index in [9.17, 15) is 14.9 Å². The number of hydrogen-bond donors (Lipinski definition) is 1. The van der Waals surface area contributed by atoms with Crippen LogP contribution in [0.4, 0.5) is 5.69 Å². The zero-order valence-corrected chi connectivity index (χ0v) is 16.7. The second-order valence-corrected chi connectivity index (χ2v) is 6.79. The standard InChI is InChI=1S/C20H15ClN6O4/c21-14-6-7-16(27(29)30)15(12-14)20(28)22-10-11-31-18-9-8-17-23-24-19(26(17)25-18)13-4-2-1-3-5-13/h1-9,12H,10-11H2,(H,22,28). The van der Waals surface area contributed by atoms with Crippen LogP contribution in [0.3, 0.4) is 0 Å². The van der Waals surface area contributed by atoms with Crippen molar-refractivity contribution in [1.29, 1.82) is 0 Å². The van der Waals surface area contributed by atoms with Crippen molar-refractivity contribution >= 4 is 28.8 Å². The first-order chi connectivity index (χ1) is 15.0. The smallest absolute Gasteiger partial charge is 0.282 e. The van der Waals surface area contributed by atoms with Crippen LogP contribution in [-0.4, -0.2) is 43.8 Å². The molecule has 2 aromatic carbocycles. The van der Waals surface area contributed by atoms with Crippen LogP contribution in [0.15, 0.2) is 60.7 Å². The number of nitro groups is 1. The fraction of sp³-hybridized carbons (Fsp3) is 0.100. The number of nitrogens with zero attached hydrogens (tertiary/aromatic N) is 5. The van der Waals surface area contributed by atoms with Crippen LogP contribution in [0.25, 0.3) is 17.0 Å². The highest BCUT2D eigenvalue weighted by molar-refractivity contribution is 6.31. The molecule has 0 saturated carbocycles. The third kappa shape index (κ3) is 4.43. The number of nitro benzene ring substituents is 1. The summed E-state index contributed by atoms with van der Waals surface area (Å²) in [6, 6.07) is 16.6. The summed E-state index contributed by atoms with van der Waals surface area (Å²) in [5.74, 6) is 0.265. The summed E-state index contributed by atoms with van der Waals surface area (Å²) in [5.41, 5.74) is 0.979. The van der Waals surface area contributed by atoms with Crippen molar-refractivity contribution in [2.75, 3.05) is 13.2 Å². The summed E-state index contributed by atoms with van der Waals surface area (Å²) in [7, 11) is 0. The molecule has 10 nitrogen and oxygen atoms in total. The summed E-state index contributed by atoms with van der Waals surface area (Å²) in [5, 5.41) is 26.5. The van der Waals surface area contributed by atoms with Gasteiger partial charge in [0, 0.05) is 22.7 Å². The van der Waals surface area contributed by atoms with Crippen molar-refractivity contribution < 1.29 is 14.5 Å². The van der Waals surface area contributed by atoms with Gasteiger partial charge in [0.15, 0.2) is 11.5 Å². The maximum atomic E-state index is 12.3. The lowest BCUT2D eigenvalue weighted by Crippen LogP contribution is -2.28. The summed E-state index contributed by atoms with van der Waals surface area (Å²) in [4.78, 5) is 22.8. The third-order valence-electron chi connectivity index (χ3n) is 4.31. The molecule has 1 amide bonds. The molecule has 0 aliphatic rings. The summed E-state index contributed by atoms with van der Waals surface area (Å²) < 4.78 is 7.17. The minimum Gasteiger partial charge on any atom is -0.475 e. The van der Waals surface area contributed by atoms with E-state index in [1.807, 2.05) is 30.3 Å². The molecular weight excluding hydrogens is 424 g/mol. The maximum Gasteiger partial charge on any atom is 0.282 e. The predicted octanol–water partition coefficient (Wildman–Crippen LogP) is 3.16. The van der Waals surface area contributed by atoms with E-state index in [1.165, 1.54) is 18.2 Å². The average molecular weight is 439 g/mol. The summed E-state index contributed by atoms with van der Waals surface area (Å²) >= 11 is 5.85. The maximum absolute atomic E-state index is 12.3. The fourth-order valence-corrected chi connectivity index (χ4v) is 3.05. The van der Waals surface area contributed by atoms with Gasteiger partial charge in [0.05, 0.1) is 11.5 Å². The van der Waals surface area contributed by atoms with Crippen LogP contribution in [0, 0.1) is 10.1 Å². The van der Waals surface area contributed by atoms with Gasteiger partial charge in [0.1, 0.15) is 12.2 Å². The number of hydrogen-bond acceptors (Lipinski definition) is 7. The van der Waals surface area contributed by atoms with Gasteiger partial charge in [0.25, 0.3) is 11.6 Å². The Labute approximate surface area is 180 Å². The Hall–Kier alpha value is -4.05. The Kier molecular flexibility index (Phi) is 5.72. The minimum atomic E-state index is -0.635. The first-order valence-corrected chi connectivity index (χ1v) is 9.53. The Morgan fingerprint density at radius 2 is 1.94 bits per heavy atom. The van der Waals surface area contributed by atoms with Gasteiger partial charge in [-0.2, -0.15) is 4.52 Å². The van der Waals surface area contributed by atoms with E-state index in [0.717, 1.165) is 5.56 Å². The van der Waals surface area contributed by atoms with Crippen molar-refractivity contribution in [2.24, 2.45) is 0 Å². The van der Waals surface area contributed by atoms with Crippen molar-refractivity contribution in [3.8, 4) is 17.3 Å². The number of carbonyl (C=O) groups excluding carboxylic acids is 1. The Morgan fingerprint density at radius 1 is 1.13 bits per heavy atom. The third-order valence-corrected chi connectivity index (χ3v) is 4.54. The first-order valence-electron chi connectivity index (χ1n) is 9.16. The van der Waals surface area contributed by atoms with Gasteiger partial charge in [0.2, 0.25) is 5.88 Å². The van der Waals surface area contributed by atoms with E-state index in [0.29, 0.717) is 17.4 Å². The second-order valence-electron chi connectivity index (χ2n) is 6.35. The molecule has 0 spiro atoms. The number of benzene rings is 2. The van der Waals surface area contributed by atoms with E-state index in [1.54, 1.807) is 16.6 Å². The highest BCUT2D eigenvalue weighted by atomic mass is 35.5. The molecule has 0 atom stereocenters. The summed E-state index contributed by atoms with van der Waals surface area (Å²) in [6.45, 7) is 0.206. The highest BCUT2D eigenvalue weighted by Gasteiger charge is 2.20. The highest BCUT2D eigenvalue weighted by Crippen LogP contribution is 2.22. The lowest BCUT2D eigenvalue weighted by Gasteiger charge is -2.08. The monoisotopic (exact) mass is 438 g/mol. The molecule has 4 rings (SSSR count). The Bertz CT molecular complexity index is 1260. The zero-order valence-electron chi connectivity index (χ0n) is 15.9. The van der Waals surface area contributed by atoms with Crippen LogP contribution in [0.2, 0.25) is 5.02 Å². The first kappa shape index (κ1) is 20.2. The van der Waals surface area contributed by atoms with Gasteiger partial charge in [-0.15, -0.1) is 15.3 Å². The average Bonchev–Trinajstić information content (AvgIpc) is 3.20. The molecule has 0 aliphatic heterocycles. The molecule has 0 radical (unpaired) electrons. The number of carbonyl (C=O) groups is 1. The largest absolute Gasteiger partial charge is 0.475 e. The van der Waals surface area contributed by atoms with Gasteiger partial charge >= 0.3 is 0 Å². The van der Waals surface area contributed by atoms with Crippen LogP contribution >= 0.6 is 11.6 Å². The molecule has 1 N–H and O–H groups in total. The topological polar surface area (TPSA) is 125 Å². The molecule has 2 aromatic heterocycles. The van der Waals surface area contributed by atoms with E-state index in [-0.39, 0.29) is 29.4 Å². The number of amides is 1. The number of halogens is 1. The quantitative estimate of drug-likeness (QED) is 0.267. The number of aromatic nitrogens is 4. The molecule has 0 unspecified atom stereocenters. The minimum absolute atomic E-state index is 0.0986. The van der Waals surface area contributed by atoms with Crippen LogP contribution in [0.5, 0.6) is 5.88 Å². The number of ether oxygens (including phenoxy) is 1. The second kappa shape index (κ2) is 8.76. The Balaban J connectivity index is 1.41. The molecule has 156 valence electrons. The number of fused-ring (bicyclic) bond motifs is 1. The lowest BCUT2D eigenvalue weighted by atomic mass is 10.1.